The Hall–Kier alpha value is -1.75. The average molecular weight is 299 g/mol. The molecule has 0 aromatic heterocycles. The highest BCUT2D eigenvalue weighted by Gasteiger charge is 2.11. The van der Waals surface area contributed by atoms with Crippen LogP contribution in [0.4, 0.5) is 5.69 Å². The Labute approximate surface area is 123 Å². The molecule has 110 valence electrons. The lowest BCUT2D eigenvalue weighted by molar-refractivity contribution is -0.137. The van der Waals surface area contributed by atoms with Gasteiger partial charge in [0, 0.05) is 18.7 Å². The minimum absolute atomic E-state index is 0.216. The van der Waals surface area contributed by atoms with Crippen molar-refractivity contribution in [3.8, 4) is 0 Å². The van der Waals surface area contributed by atoms with Gasteiger partial charge in [0.2, 0.25) is 0 Å². The predicted octanol–water partition coefficient (Wildman–Crippen LogP) is 2.89. The summed E-state index contributed by atoms with van der Waals surface area (Å²) in [6, 6.07) is 5.14. The molecular weight excluding hydrogens is 280 g/mol. The van der Waals surface area contributed by atoms with Crippen LogP contribution in [0.5, 0.6) is 0 Å². The fourth-order valence-corrected chi connectivity index (χ4v) is 2.17. The number of carboxylic acid groups (broad SMARTS) is 1. The molecule has 5 nitrogen and oxygen atoms in total. The van der Waals surface area contributed by atoms with Crippen molar-refractivity contribution >= 4 is 29.2 Å². The molecule has 0 aliphatic heterocycles. The van der Waals surface area contributed by atoms with E-state index >= 15 is 0 Å². The molecule has 6 heteroatoms. The van der Waals surface area contributed by atoms with Gasteiger partial charge in [-0.15, -0.1) is 0 Å². The minimum Gasteiger partial charge on any atom is -0.481 e. The van der Waals surface area contributed by atoms with Gasteiger partial charge in [-0.25, -0.2) is 0 Å². The number of nitrogens with two attached hydrogens (primary N) is 1. The number of primary amides is 1. The van der Waals surface area contributed by atoms with Crippen LogP contribution in [-0.4, -0.2) is 23.5 Å². The third-order valence-electron chi connectivity index (χ3n) is 2.89. The molecule has 0 saturated carbocycles. The molecule has 0 heterocycles. The number of carboxylic acids is 1. The Kier molecular flexibility index (Phi) is 6.87. The van der Waals surface area contributed by atoms with Crippen LogP contribution in [0.25, 0.3) is 0 Å². The maximum Gasteiger partial charge on any atom is 0.303 e. The van der Waals surface area contributed by atoms with E-state index in [0.717, 1.165) is 19.3 Å². The van der Waals surface area contributed by atoms with E-state index in [0.29, 0.717) is 29.2 Å². The van der Waals surface area contributed by atoms with Crippen molar-refractivity contribution in [3.63, 3.8) is 0 Å². The molecule has 0 fully saturated rings. The lowest BCUT2D eigenvalue weighted by Crippen LogP contribution is -2.15. The highest BCUT2D eigenvalue weighted by atomic mass is 35.5. The first kappa shape index (κ1) is 16.3. The third-order valence-corrected chi connectivity index (χ3v) is 3.21. The van der Waals surface area contributed by atoms with E-state index in [1.807, 2.05) is 0 Å². The highest BCUT2D eigenvalue weighted by molar-refractivity contribution is 6.34. The van der Waals surface area contributed by atoms with Crippen molar-refractivity contribution in [3.05, 3.63) is 28.8 Å². The van der Waals surface area contributed by atoms with Gasteiger partial charge in [0.15, 0.2) is 0 Å². The summed E-state index contributed by atoms with van der Waals surface area (Å²) >= 11 is 5.94. The summed E-state index contributed by atoms with van der Waals surface area (Å²) in [7, 11) is 0. The average Bonchev–Trinajstić information content (AvgIpc) is 2.36. The smallest absolute Gasteiger partial charge is 0.303 e. The number of carbonyl (C=O) groups is 2. The second-order valence-electron chi connectivity index (χ2n) is 4.51. The van der Waals surface area contributed by atoms with Crippen molar-refractivity contribution in [1.82, 2.24) is 0 Å². The van der Waals surface area contributed by atoms with Gasteiger partial charge in [-0.1, -0.05) is 30.5 Å². The van der Waals surface area contributed by atoms with Gasteiger partial charge in [-0.05, 0) is 25.0 Å². The Morgan fingerprint density at radius 3 is 2.55 bits per heavy atom. The fourth-order valence-electron chi connectivity index (χ4n) is 1.90. The molecular formula is C14H19ClN2O3. The van der Waals surface area contributed by atoms with E-state index < -0.39 is 11.9 Å². The molecule has 0 spiro atoms. The third kappa shape index (κ3) is 5.48. The number of rotatable bonds is 9. The molecule has 0 unspecified atom stereocenters. The molecule has 1 aromatic rings. The first-order valence-electron chi connectivity index (χ1n) is 6.56. The van der Waals surface area contributed by atoms with Gasteiger partial charge < -0.3 is 16.2 Å². The molecule has 0 saturated heterocycles. The molecule has 1 rings (SSSR count). The van der Waals surface area contributed by atoms with E-state index in [1.54, 1.807) is 18.2 Å². The van der Waals surface area contributed by atoms with Crippen LogP contribution in [0, 0.1) is 0 Å². The van der Waals surface area contributed by atoms with Crippen LogP contribution in [0.2, 0.25) is 5.02 Å². The van der Waals surface area contributed by atoms with Crippen LogP contribution in [0.15, 0.2) is 18.2 Å². The van der Waals surface area contributed by atoms with Gasteiger partial charge in [0.1, 0.15) is 0 Å². The Balaban J connectivity index is 2.34. The summed E-state index contributed by atoms with van der Waals surface area (Å²) in [5.41, 5.74) is 6.24. The van der Waals surface area contributed by atoms with Crippen molar-refractivity contribution in [1.29, 1.82) is 0 Å². The second kappa shape index (κ2) is 8.43. The summed E-state index contributed by atoms with van der Waals surface area (Å²) < 4.78 is 0. The summed E-state index contributed by atoms with van der Waals surface area (Å²) in [5.74, 6) is -1.31. The van der Waals surface area contributed by atoms with Crippen molar-refractivity contribution in [2.45, 2.75) is 32.1 Å². The highest BCUT2D eigenvalue weighted by Crippen LogP contribution is 2.23. The number of anilines is 1. The van der Waals surface area contributed by atoms with Crippen LogP contribution in [0.3, 0.4) is 0 Å². The summed E-state index contributed by atoms with van der Waals surface area (Å²) in [4.78, 5) is 21.7. The maximum atomic E-state index is 11.3. The molecule has 0 bridgehead atoms. The SMILES string of the molecule is NC(=O)c1c(Cl)cccc1NCCCCCCC(=O)O. The van der Waals surface area contributed by atoms with Gasteiger partial charge in [-0.3, -0.25) is 9.59 Å². The van der Waals surface area contributed by atoms with E-state index in [4.69, 9.17) is 22.4 Å². The Bertz CT molecular complexity index is 477. The van der Waals surface area contributed by atoms with Crippen molar-refractivity contribution in [2.24, 2.45) is 5.73 Å². The van der Waals surface area contributed by atoms with Gasteiger partial charge in [-0.2, -0.15) is 0 Å². The predicted molar refractivity (Wildman–Crippen MR) is 79.2 cm³/mol. The maximum absolute atomic E-state index is 11.3. The zero-order valence-electron chi connectivity index (χ0n) is 11.2. The molecule has 0 atom stereocenters. The van der Waals surface area contributed by atoms with Crippen molar-refractivity contribution < 1.29 is 14.7 Å². The number of amides is 1. The van der Waals surface area contributed by atoms with Crippen LogP contribution in [0.1, 0.15) is 42.5 Å². The van der Waals surface area contributed by atoms with E-state index in [9.17, 15) is 9.59 Å². The largest absolute Gasteiger partial charge is 0.481 e. The van der Waals surface area contributed by atoms with Crippen LogP contribution < -0.4 is 11.1 Å². The van der Waals surface area contributed by atoms with Gasteiger partial charge in [0.25, 0.3) is 5.91 Å². The quantitative estimate of drug-likeness (QED) is 0.611. The first-order chi connectivity index (χ1) is 9.52. The fraction of sp³-hybridized carbons (Fsp3) is 0.429. The number of benzene rings is 1. The van der Waals surface area contributed by atoms with E-state index in [2.05, 4.69) is 5.32 Å². The molecule has 0 aliphatic rings. The number of aliphatic carboxylic acids is 1. The Morgan fingerprint density at radius 1 is 1.20 bits per heavy atom. The molecule has 0 radical (unpaired) electrons. The summed E-state index contributed by atoms with van der Waals surface area (Å²) in [5, 5.41) is 12.0. The zero-order chi connectivity index (χ0) is 15.0. The first-order valence-corrected chi connectivity index (χ1v) is 6.94. The zero-order valence-corrected chi connectivity index (χ0v) is 11.9. The number of halogens is 1. The van der Waals surface area contributed by atoms with Crippen LogP contribution in [-0.2, 0) is 4.79 Å². The minimum atomic E-state index is -0.756. The molecule has 1 amide bonds. The summed E-state index contributed by atoms with van der Waals surface area (Å²) in [6.45, 7) is 0.688. The lowest BCUT2D eigenvalue weighted by Gasteiger charge is -2.11. The normalized spacial score (nSPS) is 10.2. The summed E-state index contributed by atoms with van der Waals surface area (Å²) in [6.07, 6.45) is 3.62. The van der Waals surface area contributed by atoms with Gasteiger partial charge >= 0.3 is 5.97 Å². The van der Waals surface area contributed by atoms with Crippen molar-refractivity contribution in [2.75, 3.05) is 11.9 Å². The van der Waals surface area contributed by atoms with Gasteiger partial charge in [0.05, 0.1) is 10.6 Å². The number of unbranched alkanes of at least 4 members (excludes halogenated alkanes) is 3. The monoisotopic (exact) mass is 298 g/mol. The van der Waals surface area contributed by atoms with Crippen LogP contribution >= 0.6 is 11.6 Å². The topological polar surface area (TPSA) is 92.4 Å². The second-order valence-corrected chi connectivity index (χ2v) is 4.92. The number of hydrogen-bond donors (Lipinski definition) is 3. The standard InChI is InChI=1S/C14H19ClN2O3/c15-10-6-5-7-11(13(10)14(16)20)17-9-4-2-1-3-8-12(18)19/h5-7,17H,1-4,8-9H2,(H2,16,20)(H,18,19). The lowest BCUT2D eigenvalue weighted by atomic mass is 10.1. The molecule has 4 N–H and O–H groups in total. The molecule has 20 heavy (non-hydrogen) atoms. The number of carbonyl (C=O) groups excluding carboxylic acids is 1. The molecule has 0 aliphatic carbocycles. The molecule has 1 aromatic carbocycles. The Morgan fingerprint density at radius 2 is 1.90 bits per heavy atom. The van der Waals surface area contributed by atoms with E-state index in [-0.39, 0.29) is 6.42 Å². The number of nitrogens with one attached hydrogen (secondary N) is 1. The number of hydrogen-bond acceptors (Lipinski definition) is 3. The van der Waals surface area contributed by atoms with E-state index in [1.165, 1.54) is 0 Å².